The van der Waals surface area contributed by atoms with Crippen LogP contribution in [0, 0.1) is 0 Å². The maximum absolute atomic E-state index is 4.62. The van der Waals surface area contributed by atoms with Crippen LogP contribution in [0.25, 0.3) is 0 Å². The molecule has 0 N–H and O–H groups in total. The van der Waals surface area contributed by atoms with Gasteiger partial charge in [-0.05, 0) is 0 Å². The van der Waals surface area contributed by atoms with Crippen molar-refractivity contribution >= 4 is 35.3 Å². The van der Waals surface area contributed by atoms with Crippen molar-refractivity contribution in [2.75, 3.05) is 0 Å². The van der Waals surface area contributed by atoms with Gasteiger partial charge in [0.05, 0.1) is 0 Å². The summed E-state index contributed by atoms with van der Waals surface area (Å²) < 4.78 is 0.276. The van der Waals surface area contributed by atoms with Crippen LogP contribution < -0.4 is 0 Å². The molecule has 0 aliphatic rings. The molecule has 1 aromatic rings. The molecule has 0 saturated carbocycles. The van der Waals surface area contributed by atoms with Crippen LogP contribution in [0.5, 0.6) is 0 Å². The topological polar surface area (TPSA) is 38.7 Å². The number of rotatable bonds is 3. The molecule has 6 heteroatoms. The van der Waals surface area contributed by atoms with Gasteiger partial charge in [-0.2, -0.15) is 15.0 Å². The van der Waals surface area contributed by atoms with E-state index in [1.165, 1.54) is 0 Å². The summed E-state index contributed by atoms with van der Waals surface area (Å²) in [7, 11) is 0. The van der Waals surface area contributed by atoms with E-state index >= 15 is 0 Å². The summed E-state index contributed by atoms with van der Waals surface area (Å²) in [6, 6.07) is 0. The van der Waals surface area contributed by atoms with E-state index in [-0.39, 0.29) is 14.2 Å². The minimum atomic E-state index is 0.0920. The summed E-state index contributed by atoms with van der Waals surface area (Å²) in [6.45, 7) is 19.6. The molecule has 0 aliphatic heterocycles. The first-order valence-electron chi connectivity index (χ1n) is 7.07. The number of nitrogens with zero attached hydrogens (tertiary/aromatic N) is 3. The quantitative estimate of drug-likeness (QED) is 0.669. The molecule has 21 heavy (non-hydrogen) atoms. The van der Waals surface area contributed by atoms with E-state index in [1.54, 1.807) is 35.3 Å². The molecule has 0 bridgehead atoms. The van der Waals surface area contributed by atoms with Crippen molar-refractivity contribution in [3.05, 3.63) is 0 Å². The molecule has 3 nitrogen and oxygen atoms in total. The average molecular weight is 346 g/mol. The Balaban J connectivity index is 3.13. The number of hydrogen-bond acceptors (Lipinski definition) is 6. The van der Waals surface area contributed by atoms with Crippen LogP contribution in [-0.4, -0.2) is 29.2 Å². The van der Waals surface area contributed by atoms with Gasteiger partial charge in [0, 0.05) is 14.2 Å². The summed E-state index contributed by atoms with van der Waals surface area (Å²) in [5.74, 6) is 0. The first-order chi connectivity index (χ1) is 9.23. The van der Waals surface area contributed by atoms with Gasteiger partial charge in [0.25, 0.3) is 0 Å². The second kappa shape index (κ2) is 6.67. The molecule has 0 aliphatic carbocycles. The number of aromatic nitrogens is 3. The van der Waals surface area contributed by atoms with Gasteiger partial charge in [-0.1, -0.05) is 97.6 Å². The molecule has 0 atom stereocenters. The van der Waals surface area contributed by atoms with E-state index in [2.05, 4.69) is 77.3 Å². The SMILES string of the molecule is CC(C)(C)Sc1nc(SC(C)(C)C)nc(SC(C)(C)C)n1. The Kier molecular flexibility index (Phi) is 6.07. The zero-order valence-electron chi connectivity index (χ0n) is 14.6. The van der Waals surface area contributed by atoms with E-state index in [1.807, 2.05) is 0 Å². The lowest BCUT2D eigenvalue weighted by Gasteiger charge is -2.21. The Morgan fingerprint density at radius 1 is 0.476 bits per heavy atom. The van der Waals surface area contributed by atoms with Crippen LogP contribution in [0.1, 0.15) is 62.3 Å². The van der Waals surface area contributed by atoms with Gasteiger partial charge in [-0.25, -0.2) is 0 Å². The van der Waals surface area contributed by atoms with Gasteiger partial charge in [-0.15, -0.1) is 0 Å². The van der Waals surface area contributed by atoms with Crippen molar-refractivity contribution in [1.82, 2.24) is 15.0 Å². The second-order valence-corrected chi connectivity index (χ2v) is 13.2. The predicted octanol–water partition coefficient (Wildman–Crippen LogP) is 5.54. The standard InChI is InChI=1S/C15H27N3S3/c1-13(2,3)19-10-16-11(20-14(4,5)6)18-12(17-10)21-15(7,8)9/h1-9H3. The molecule has 0 aromatic carbocycles. The molecule has 0 saturated heterocycles. The highest BCUT2D eigenvalue weighted by atomic mass is 32.2. The van der Waals surface area contributed by atoms with Crippen LogP contribution in [0.2, 0.25) is 0 Å². The van der Waals surface area contributed by atoms with E-state index in [0.29, 0.717) is 0 Å². The van der Waals surface area contributed by atoms with Gasteiger partial charge in [0.15, 0.2) is 15.5 Å². The molecule has 0 radical (unpaired) electrons. The third-order valence-electron chi connectivity index (χ3n) is 1.77. The Morgan fingerprint density at radius 2 is 0.667 bits per heavy atom. The molecular weight excluding hydrogens is 318 g/mol. The van der Waals surface area contributed by atoms with Crippen LogP contribution in [0.15, 0.2) is 15.5 Å². The Hall–Kier alpha value is 0.0600. The van der Waals surface area contributed by atoms with Crippen LogP contribution in [-0.2, 0) is 0 Å². The van der Waals surface area contributed by atoms with Crippen LogP contribution in [0.4, 0.5) is 0 Å². The second-order valence-electron chi connectivity index (χ2n) is 7.83. The van der Waals surface area contributed by atoms with E-state index < -0.39 is 0 Å². The summed E-state index contributed by atoms with van der Waals surface area (Å²) in [5, 5.41) is 2.45. The van der Waals surface area contributed by atoms with E-state index in [9.17, 15) is 0 Å². The van der Waals surface area contributed by atoms with Crippen molar-refractivity contribution in [1.29, 1.82) is 0 Å². The van der Waals surface area contributed by atoms with E-state index in [4.69, 9.17) is 0 Å². The zero-order valence-corrected chi connectivity index (χ0v) is 17.0. The molecule has 0 amide bonds. The molecule has 1 aromatic heterocycles. The van der Waals surface area contributed by atoms with Crippen molar-refractivity contribution < 1.29 is 0 Å². The number of thioether (sulfide) groups is 3. The summed E-state index contributed by atoms with van der Waals surface area (Å²) in [4.78, 5) is 13.9. The number of hydrogen-bond donors (Lipinski definition) is 0. The van der Waals surface area contributed by atoms with Gasteiger partial charge < -0.3 is 0 Å². The highest BCUT2D eigenvalue weighted by Gasteiger charge is 2.22. The Bertz CT molecular complexity index is 399. The summed E-state index contributed by atoms with van der Waals surface area (Å²) in [5.41, 5.74) is 0. The Morgan fingerprint density at radius 3 is 0.810 bits per heavy atom. The van der Waals surface area contributed by atoms with Crippen LogP contribution in [0.3, 0.4) is 0 Å². The first kappa shape index (κ1) is 19.1. The molecule has 0 spiro atoms. The van der Waals surface area contributed by atoms with Crippen molar-refractivity contribution in [2.45, 2.75) is 92.0 Å². The minimum Gasteiger partial charge on any atom is -0.196 e. The van der Waals surface area contributed by atoms with Crippen molar-refractivity contribution in [2.24, 2.45) is 0 Å². The summed E-state index contributed by atoms with van der Waals surface area (Å²) >= 11 is 5.08. The molecule has 120 valence electrons. The highest BCUT2D eigenvalue weighted by molar-refractivity contribution is 8.01. The molecular formula is C15H27N3S3. The lowest BCUT2D eigenvalue weighted by molar-refractivity contribution is 0.687. The molecule has 1 rings (SSSR count). The summed E-state index contributed by atoms with van der Waals surface area (Å²) in [6.07, 6.45) is 0. The molecule has 0 fully saturated rings. The third kappa shape index (κ3) is 8.94. The van der Waals surface area contributed by atoms with Crippen molar-refractivity contribution in [3.63, 3.8) is 0 Å². The van der Waals surface area contributed by atoms with Gasteiger partial charge in [0.2, 0.25) is 0 Å². The molecule has 0 unspecified atom stereocenters. The Labute approximate surface area is 142 Å². The lowest BCUT2D eigenvalue weighted by Crippen LogP contribution is -2.14. The fourth-order valence-corrected chi connectivity index (χ4v) is 3.89. The fraction of sp³-hybridized carbons (Fsp3) is 0.800. The zero-order chi connectivity index (χ0) is 16.5. The van der Waals surface area contributed by atoms with Gasteiger partial charge in [0.1, 0.15) is 0 Å². The smallest absolute Gasteiger partial charge is 0.193 e. The van der Waals surface area contributed by atoms with Crippen molar-refractivity contribution in [3.8, 4) is 0 Å². The minimum absolute atomic E-state index is 0.0920. The van der Waals surface area contributed by atoms with Gasteiger partial charge >= 0.3 is 0 Å². The van der Waals surface area contributed by atoms with E-state index in [0.717, 1.165) is 15.5 Å². The van der Waals surface area contributed by atoms with Gasteiger partial charge in [-0.3, -0.25) is 0 Å². The molecule has 1 heterocycles. The lowest BCUT2D eigenvalue weighted by atomic mass is 10.3. The fourth-order valence-electron chi connectivity index (χ4n) is 1.28. The monoisotopic (exact) mass is 345 g/mol. The highest BCUT2D eigenvalue weighted by Crippen LogP contribution is 2.36. The maximum atomic E-state index is 4.62. The first-order valence-corrected chi connectivity index (χ1v) is 9.52. The maximum Gasteiger partial charge on any atom is 0.193 e. The third-order valence-corrected chi connectivity index (χ3v) is 4.70. The van der Waals surface area contributed by atoms with Crippen LogP contribution >= 0.6 is 35.3 Å². The largest absolute Gasteiger partial charge is 0.196 e. The average Bonchev–Trinajstić information content (AvgIpc) is 2.06. The predicted molar refractivity (Wildman–Crippen MR) is 96.7 cm³/mol. The normalized spacial score (nSPS) is 13.6.